The van der Waals surface area contributed by atoms with E-state index in [1.165, 1.54) is 0 Å². The Morgan fingerprint density at radius 2 is 1.96 bits per heavy atom. The van der Waals surface area contributed by atoms with Crippen LogP contribution in [0.4, 0.5) is 4.79 Å². The van der Waals surface area contributed by atoms with Gasteiger partial charge in [0.15, 0.2) is 0 Å². The number of hydrogen-bond acceptors (Lipinski definition) is 3. The van der Waals surface area contributed by atoms with Crippen LogP contribution < -0.4 is 5.32 Å². The average Bonchev–Trinajstić information content (AvgIpc) is 2.91. The van der Waals surface area contributed by atoms with Crippen LogP contribution in [0.15, 0.2) is 37.0 Å². The summed E-state index contributed by atoms with van der Waals surface area (Å²) in [6, 6.07) is -0.00945. The van der Waals surface area contributed by atoms with E-state index in [1.807, 2.05) is 26.8 Å². The lowest BCUT2D eigenvalue weighted by Gasteiger charge is -2.23. The highest BCUT2D eigenvalue weighted by Crippen LogP contribution is 2.27. The number of allylic oxidation sites excluding steroid dienone is 2. The standard InChI is InChI=1S/C19H30N2O3/c1-7-9-14(8-2)13-21(6)17(22)15-10-11-16(12-15)20-18(23)24-19(3,4)5/h7-9,15-16H,1-2,10-13H2,3-6H3,(H,20,23)/b14-9+/t15-,16+/m1/s1. The highest BCUT2D eigenvalue weighted by atomic mass is 16.6. The molecule has 0 aromatic heterocycles. The normalized spacial score (nSPS) is 21.1. The van der Waals surface area contributed by atoms with E-state index >= 15 is 0 Å². The fourth-order valence-electron chi connectivity index (χ4n) is 2.81. The number of nitrogens with one attached hydrogen (secondary N) is 1. The van der Waals surface area contributed by atoms with Crippen LogP contribution in [0.3, 0.4) is 0 Å². The molecule has 1 aliphatic rings. The van der Waals surface area contributed by atoms with Crippen LogP contribution in [0.5, 0.6) is 0 Å². The maximum atomic E-state index is 12.6. The van der Waals surface area contributed by atoms with Crippen molar-refractivity contribution in [3.05, 3.63) is 37.0 Å². The molecule has 0 radical (unpaired) electrons. The van der Waals surface area contributed by atoms with E-state index in [0.29, 0.717) is 13.0 Å². The van der Waals surface area contributed by atoms with Crippen molar-refractivity contribution >= 4 is 12.0 Å². The van der Waals surface area contributed by atoms with Crippen LogP contribution in [0, 0.1) is 5.92 Å². The van der Waals surface area contributed by atoms with Gasteiger partial charge in [-0.15, -0.1) is 0 Å². The number of alkyl carbamates (subject to hydrolysis) is 1. The third-order valence-corrected chi connectivity index (χ3v) is 3.89. The van der Waals surface area contributed by atoms with E-state index in [2.05, 4.69) is 18.5 Å². The summed E-state index contributed by atoms with van der Waals surface area (Å²) in [5, 5.41) is 2.86. The van der Waals surface area contributed by atoms with E-state index in [4.69, 9.17) is 4.74 Å². The molecule has 5 heteroatoms. The van der Waals surface area contributed by atoms with Crippen molar-refractivity contribution in [2.24, 2.45) is 5.92 Å². The van der Waals surface area contributed by atoms with Crippen LogP contribution in [0.25, 0.3) is 0 Å². The molecule has 0 aliphatic heterocycles. The average molecular weight is 334 g/mol. The fourth-order valence-corrected chi connectivity index (χ4v) is 2.81. The molecule has 24 heavy (non-hydrogen) atoms. The molecule has 0 heterocycles. The Balaban J connectivity index is 2.51. The molecule has 0 aromatic carbocycles. The summed E-state index contributed by atoms with van der Waals surface area (Å²) in [6.45, 7) is 13.4. The van der Waals surface area contributed by atoms with Crippen molar-refractivity contribution in [2.75, 3.05) is 13.6 Å². The maximum absolute atomic E-state index is 12.6. The van der Waals surface area contributed by atoms with Crippen molar-refractivity contribution in [1.29, 1.82) is 0 Å². The molecule has 5 nitrogen and oxygen atoms in total. The number of ether oxygens (including phenoxy) is 1. The number of likely N-dealkylation sites (N-methyl/N-ethyl adjacent to an activating group) is 1. The Bertz CT molecular complexity index is 517. The quantitative estimate of drug-likeness (QED) is 0.757. The minimum Gasteiger partial charge on any atom is -0.444 e. The molecule has 2 atom stereocenters. The second-order valence-electron chi connectivity index (χ2n) is 7.23. The first kappa shape index (κ1) is 20.0. The van der Waals surface area contributed by atoms with Gasteiger partial charge in [0, 0.05) is 25.6 Å². The molecule has 0 aromatic rings. The molecule has 0 unspecified atom stereocenters. The van der Waals surface area contributed by atoms with Gasteiger partial charge in [-0.1, -0.05) is 31.4 Å². The van der Waals surface area contributed by atoms with E-state index < -0.39 is 11.7 Å². The lowest BCUT2D eigenvalue weighted by Crippen LogP contribution is -2.39. The molecule has 0 bridgehead atoms. The Hall–Kier alpha value is -2.04. The summed E-state index contributed by atoms with van der Waals surface area (Å²) in [6.07, 6.45) is 7.06. The van der Waals surface area contributed by atoms with Gasteiger partial charge in [-0.05, 0) is 45.6 Å². The summed E-state index contributed by atoms with van der Waals surface area (Å²) in [7, 11) is 1.79. The molecular weight excluding hydrogens is 304 g/mol. The molecular formula is C19H30N2O3. The van der Waals surface area contributed by atoms with Crippen molar-refractivity contribution in [1.82, 2.24) is 10.2 Å². The van der Waals surface area contributed by atoms with Gasteiger partial charge >= 0.3 is 6.09 Å². The largest absolute Gasteiger partial charge is 0.444 e. The number of amides is 2. The SMILES string of the molecule is C=C/C=C(\C=C)CN(C)C(=O)[C@@H]1CC[C@H](NC(=O)OC(C)(C)C)C1. The zero-order valence-electron chi connectivity index (χ0n) is 15.3. The van der Waals surface area contributed by atoms with Gasteiger partial charge in [-0.3, -0.25) is 4.79 Å². The van der Waals surface area contributed by atoms with E-state index in [9.17, 15) is 9.59 Å². The number of rotatable bonds is 6. The third-order valence-electron chi connectivity index (χ3n) is 3.89. The van der Waals surface area contributed by atoms with Gasteiger partial charge in [-0.25, -0.2) is 4.79 Å². The molecule has 0 spiro atoms. The fraction of sp³-hybridized carbons (Fsp3) is 0.579. The van der Waals surface area contributed by atoms with Gasteiger partial charge in [0.05, 0.1) is 0 Å². The Morgan fingerprint density at radius 3 is 2.50 bits per heavy atom. The first-order valence-electron chi connectivity index (χ1n) is 8.34. The summed E-state index contributed by atoms with van der Waals surface area (Å²) in [5.74, 6) is 0.0324. The van der Waals surface area contributed by atoms with Gasteiger partial charge in [0.2, 0.25) is 5.91 Å². The van der Waals surface area contributed by atoms with Gasteiger partial charge < -0.3 is 15.0 Å². The first-order chi connectivity index (χ1) is 11.2. The van der Waals surface area contributed by atoms with Crippen LogP contribution in [0.2, 0.25) is 0 Å². The zero-order chi connectivity index (χ0) is 18.3. The molecule has 1 rings (SSSR count). The zero-order valence-corrected chi connectivity index (χ0v) is 15.3. The molecule has 134 valence electrons. The lowest BCUT2D eigenvalue weighted by molar-refractivity contribution is -0.133. The van der Waals surface area contributed by atoms with E-state index in [-0.39, 0.29) is 17.9 Å². The van der Waals surface area contributed by atoms with Gasteiger partial charge in [-0.2, -0.15) is 0 Å². The van der Waals surface area contributed by atoms with Crippen molar-refractivity contribution in [2.45, 2.75) is 51.7 Å². The molecule has 1 N–H and O–H groups in total. The molecule has 0 saturated heterocycles. The molecule has 2 amide bonds. The van der Waals surface area contributed by atoms with Crippen LogP contribution in [-0.2, 0) is 9.53 Å². The highest BCUT2D eigenvalue weighted by Gasteiger charge is 2.33. The minimum atomic E-state index is -0.517. The Morgan fingerprint density at radius 1 is 1.29 bits per heavy atom. The van der Waals surface area contributed by atoms with Crippen LogP contribution in [0.1, 0.15) is 40.0 Å². The second-order valence-corrected chi connectivity index (χ2v) is 7.23. The van der Waals surface area contributed by atoms with Gasteiger partial charge in [0.25, 0.3) is 0 Å². The first-order valence-corrected chi connectivity index (χ1v) is 8.34. The van der Waals surface area contributed by atoms with Gasteiger partial charge in [0.1, 0.15) is 5.60 Å². The second kappa shape index (κ2) is 8.71. The number of hydrogen-bond donors (Lipinski definition) is 1. The van der Waals surface area contributed by atoms with Crippen molar-refractivity contribution < 1.29 is 14.3 Å². The molecule has 1 fully saturated rings. The van der Waals surface area contributed by atoms with Crippen molar-refractivity contribution in [3.63, 3.8) is 0 Å². The Kier molecular flexibility index (Phi) is 7.26. The maximum Gasteiger partial charge on any atom is 0.407 e. The number of nitrogens with zero attached hydrogens (tertiary/aromatic N) is 1. The topological polar surface area (TPSA) is 58.6 Å². The van der Waals surface area contributed by atoms with Crippen LogP contribution >= 0.6 is 0 Å². The highest BCUT2D eigenvalue weighted by molar-refractivity contribution is 5.79. The van der Waals surface area contributed by atoms with Crippen molar-refractivity contribution in [3.8, 4) is 0 Å². The molecule has 1 aliphatic carbocycles. The number of carbonyl (C=O) groups is 2. The predicted molar refractivity (Wildman–Crippen MR) is 96.6 cm³/mol. The van der Waals surface area contributed by atoms with E-state index in [0.717, 1.165) is 18.4 Å². The minimum absolute atomic E-state index is 0.00945. The monoisotopic (exact) mass is 334 g/mol. The smallest absolute Gasteiger partial charge is 0.407 e. The summed E-state index contributed by atoms with van der Waals surface area (Å²) < 4.78 is 5.26. The summed E-state index contributed by atoms with van der Waals surface area (Å²) in [5.41, 5.74) is 0.429. The molecule has 1 saturated carbocycles. The number of carbonyl (C=O) groups excluding carboxylic acids is 2. The van der Waals surface area contributed by atoms with E-state index in [1.54, 1.807) is 24.1 Å². The third kappa shape index (κ3) is 6.60. The summed E-state index contributed by atoms with van der Waals surface area (Å²) in [4.78, 5) is 26.1. The predicted octanol–water partition coefficient (Wildman–Crippen LogP) is 3.44. The summed E-state index contributed by atoms with van der Waals surface area (Å²) >= 11 is 0. The lowest BCUT2D eigenvalue weighted by atomic mass is 10.1. The Labute approximate surface area is 145 Å². The van der Waals surface area contributed by atoms with Crippen LogP contribution in [-0.4, -0.2) is 42.1 Å².